The molecule has 0 aliphatic heterocycles. The Morgan fingerprint density at radius 2 is 2.03 bits per heavy atom. The second kappa shape index (κ2) is 8.60. The number of fused-ring (bicyclic) bond motifs is 1. The third kappa shape index (κ3) is 4.06. The fourth-order valence-corrected chi connectivity index (χ4v) is 5.06. The van der Waals surface area contributed by atoms with Crippen LogP contribution in [0.1, 0.15) is 65.5 Å². The van der Waals surface area contributed by atoms with Crippen molar-refractivity contribution in [3.63, 3.8) is 0 Å². The number of aromatic nitrogens is 2. The van der Waals surface area contributed by atoms with Gasteiger partial charge in [-0.1, -0.05) is 29.8 Å². The van der Waals surface area contributed by atoms with Gasteiger partial charge in [0.15, 0.2) is 0 Å². The molecule has 2 aliphatic rings. The number of aliphatic hydroxyl groups excluding tert-OH is 1. The average Bonchev–Trinajstić information content (AvgIpc) is 3.12. The quantitative estimate of drug-likeness (QED) is 0.736. The number of carbonyl (C=O) groups is 2. The minimum absolute atomic E-state index is 0.0627. The fraction of sp³-hybridized carbons (Fsp3) is 0.458. The average molecular weight is 443 g/mol. The zero-order valence-electron chi connectivity index (χ0n) is 17.8. The molecule has 1 aromatic heterocycles. The SMILES string of the molecule is Cc1cccc(Cl)c1C(=O)n1nc(C2=CCC(C(=O)O)CC2)c2c1CC(C(C)O)CC2. The van der Waals surface area contributed by atoms with Gasteiger partial charge in [0, 0.05) is 5.56 Å². The van der Waals surface area contributed by atoms with Crippen LogP contribution >= 0.6 is 11.6 Å². The van der Waals surface area contributed by atoms with Crippen LogP contribution in [0.4, 0.5) is 0 Å². The van der Waals surface area contributed by atoms with Crippen molar-refractivity contribution >= 4 is 29.1 Å². The van der Waals surface area contributed by atoms with E-state index in [0.29, 0.717) is 36.3 Å². The molecule has 6 nitrogen and oxygen atoms in total. The Balaban J connectivity index is 1.79. The molecular weight excluding hydrogens is 416 g/mol. The van der Waals surface area contributed by atoms with Gasteiger partial charge in [-0.05, 0) is 75.5 Å². The number of benzene rings is 1. The van der Waals surface area contributed by atoms with E-state index in [2.05, 4.69) is 0 Å². The van der Waals surface area contributed by atoms with Crippen LogP contribution in [0, 0.1) is 18.8 Å². The molecule has 31 heavy (non-hydrogen) atoms. The molecule has 0 radical (unpaired) electrons. The Labute approximate surface area is 186 Å². The Morgan fingerprint density at radius 3 is 2.65 bits per heavy atom. The molecular formula is C24H27ClN2O4. The number of hydrogen-bond acceptors (Lipinski definition) is 4. The predicted octanol–water partition coefficient (Wildman–Crippen LogP) is 4.29. The molecule has 7 heteroatoms. The van der Waals surface area contributed by atoms with Crippen LogP contribution in [0.3, 0.4) is 0 Å². The molecule has 3 atom stereocenters. The normalized spacial score (nSPS) is 21.9. The first-order valence-corrected chi connectivity index (χ1v) is 11.2. The molecule has 3 unspecified atom stereocenters. The molecule has 0 saturated heterocycles. The lowest BCUT2D eigenvalue weighted by atomic mass is 9.81. The Bertz CT molecular complexity index is 1050. The topological polar surface area (TPSA) is 92.4 Å². The fourth-order valence-electron chi connectivity index (χ4n) is 4.76. The van der Waals surface area contributed by atoms with E-state index in [1.54, 1.807) is 13.0 Å². The smallest absolute Gasteiger partial charge is 0.306 e. The van der Waals surface area contributed by atoms with Gasteiger partial charge in [-0.2, -0.15) is 9.78 Å². The maximum Gasteiger partial charge on any atom is 0.306 e. The van der Waals surface area contributed by atoms with Crippen molar-refractivity contribution in [1.82, 2.24) is 9.78 Å². The third-order valence-electron chi connectivity index (χ3n) is 6.69. The first-order valence-electron chi connectivity index (χ1n) is 10.8. The van der Waals surface area contributed by atoms with Crippen LogP contribution in [0.25, 0.3) is 5.57 Å². The van der Waals surface area contributed by atoms with Gasteiger partial charge in [0.25, 0.3) is 5.91 Å². The van der Waals surface area contributed by atoms with Crippen LogP contribution in [0.15, 0.2) is 24.3 Å². The molecule has 0 amide bonds. The van der Waals surface area contributed by atoms with Crippen molar-refractivity contribution in [3.8, 4) is 0 Å². The molecule has 1 heterocycles. The molecule has 1 aromatic carbocycles. The molecule has 0 spiro atoms. The van der Waals surface area contributed by atoms with Crippen LogP contribution in [0.5, 0.6) is 0 Å². The number of aliphatic carboxylic acids is 1. The minimum atomic E-state index is -0.771. The molecule has 2 aliphatic carbocycles. The number of carboxylic acids is 1. The number of nitrogens with zero attached hydrogens (tertiary/aromatic N) is 2. The van der Waals surface area contributed by atoms with E-state index in [-0.39, 0.29) is 17.7 Å². The number of aliphatic hydroxyl groups is 1. The number of rotatable bonds is 4. The van der Waals surface area contributed by atoms with Crippen LogP contribution < -0.4 is 0 Å². The number of halogens is 1. The summed E-state index contributed by atoms with van der Waals surface area (Å²) < 4.78 is 1.47. The summed E-state index contributed by atoms with van der Waals surface area (Å²) in [4.78, 5) is 24.8. The molecule has 4 rings (SSSR count). The van der Waals surface area contributed by atoms with E-state index >= 15 is 0 Å². The molecule has 0 saturated carbocycles. The summed E-state index contributed by atoms with van der Waals surface area (Å²) in [6, 6.07) is 5.37. The highest BCUT2D eigenvalue weighted by molar-refractivity contribution is 6.34. The Kier molecular flexibility index (Phi) is 6.04. The van der Waals surface area contributed by atoms with Crippen LogP contribution in [-0.4, -0.2) is 38.0 Å². The van der Waals surface area contributed by atoms with E-state index in [1.165, 1.54) is 4.68 Å². The number of hydrogen-bond donors (Lipinski definition) is 2. The maximum absolute atomic E-state index is 13.5. The summed E-state index contributed by atoms with van der Waals surface area (Å²) in [5.74, 6) is -1.34. The van der Waals surface area contributed by atoms with E-state index in [0.717, 1.165) is 40.9 Å². The number of allylic oxidation sites excluding steroid dienone is 2. The number of aryl methyl sites for hydroxylation is 1. The molecule has 2 aromatic rings. The number of carboxylic acid groups (broad SMARTS) is 1. The van der Waals surface area contributed by atoms with Gasteiger partial charge in [0.2, 0.25) is 0 Å². The highest BCUT2D eigenvalue weighted by Crippen LogP contribution is 2.37. The summed E-state index contributed by atoms with van der Waals surface area (Å²) >= 11 is 6.37. The molecule has 164 valence electrons. The summed E-state index contributed by atoms with van der Waals surface area (Å²) in [6.07, 6.45) is 5.28. The highest BCUT2D eigenvalue weighted by Gasteiger charge is 2.33. The summed E-state index contributed by atoms with van der Waals surface area (Å²) in [7, 11) is 0. The first-order chi connectivity index (χ1) is 14.8. The van der Waals surface area contributed by atoms with Gasteiger partial charge in [0.05, 0.1) is 34.0 Å². The van der Waals surface area contributed by atoms with Gasteiger partial charge in [0.1, 0.15) is 0 Å². The largest absolute Gasteiger partial charge is 0.481 e. The van der Waals surface area contributed by atoms with Crippen molar-refractivity contribution < 1.29 is 19.8 Å². The second-order valence-corrected chi connectivity index (χ2v) is 9.11. The minimum Gasteiger partial charge on any atom is -0.481 e. The van der Waals surface area contributed by atoms with Crippen molar-refractivity contribution in [2.24, 2.45) is 11.8 Å². The highest BCUT2D eigenvalue weighted by atomic mass is 35.5. The predicted molar refractivity (Wildman–Crippen MR) is 118 cm³/mol. The zero-order valence-corrected chi connectivity index (χ0v) is 18.5. The van der Waals surface area contributed by atoms with E-state index in [9.17, 15) is 19.8 Å². The van der Waals surface area contributed by atoms with Crippen LogP contribution in [-0.2, 0) is 17.6 Å². The second-order valence-electron chi connectivity index (χ2n) is 8.70. The van der Waals surface area contributed by atoms with Crippen molar-refractivity contribution in [3.05, 3.63) is 57.4 Å². The summed E-state index contributed by atoms with van der Waals surface area (Å²) in [6.45, 7) is 3.64. The third-order valence-corrected chi connectivity index (χ3v) is 7.00. The summed E-state index contributed by atoms with van der Waals surface area (Å²) in [5.41, 5.74) is 4.89. The van der Waals surface area contributed by atoms with Gasteiger partial charge >= 0.3 is 5.97 Å². The van der Waals surface area contributed by atoms with Crippen molar-refractivity contribution in [2.75, 3.05) is 0 Å². The maximum atomic E-state index is 13.5. The van der Waals surface area contributed by atoms with Gasteiger partial charge in [-0.25, -0.2) is 0 Å². The molecule has 0 fully saturated rings. The summed E-state index contributed by atoms with van der Waals surface area (Å²) in [5, 5.41) is 24.6. The van der Waals surface area contributed by atoms with E-state index in [1.807, 2.05) is 25.1 Å². The lowest BCUT2D eigenvalue weighted by molar-refractivity contribution is -0.141. The molecule has 2 N–H and O–H groups in total. The van der Waals surface area contributed by atoms with Crippen LogP contribution in [0.2, 0.25) is 5.02 Å². The van der Waals surface area contributed by atoms with E-state index in [4.69, 9.17) is 16.7 Å². The van der Waals surface area contributed by atoms with Gasteiger partial charge in [-0.3, -0.25) is 9.59 Å². The standard InChI is InChI=1S/C24H27ClN2O4/c1-13-4-3-5-19(25)21(13)23(29)27-20-12-17(14(2)28)10-11-18(20)22(26-27)15-6-8-16(9-7-15)24(30)31/h3-6,14,16-17,28H,7-12H2,1-2H3,(H,30,31). The Hall–Kier alpha value is -2.44. The lowest BCUT2D eigenvalue weighted by Gasteiger charge is -2.26. The monoisotopic (exact) mass is 442 g/mol. The Morgan fingerprint density at radius 1 is 1.26 bits per heavy atom. The van der Waals surface area contributed by atoms with Gasteiger partial charge in [-0.15, -0.1) is 0 Å². The van der Waals surface area contributed by atoms with Crippen molar-refractivity contribution in [1.29, 1.82) is 0 Å². The van der Waals surface area contributed by atoms with E-state index < -0.39 is 12.1 Å². The first kappa shape index (κ1) is 21.8. The number of carbonyl (C=O) groups excluding carboxylic acids is 1. The van der Waals surface area contributed by atoms with Gasteiger partial charge < -0.3 is 10.2 Å². The molecule has 0 bridgehead atoms. The zero-order chi connectivity index (χ0) is 22.3. The lowest BCUT2D eigenvalue weighted by Crippen LogP contribution is -2.27. The van der Waals surface area contributed by atoms with Crippen molar-refractivity contribution in [2.45, 2.75) is 58.5 Å².